The first-order valence-electron chi connectivity index (χ1n) is 8.18. The van der Waals surface area contributed by atoms with Gasteiger partial charge in [0.15, 0.2) is 0 Å². The maximum atomic E-state index is 13.1. The zero-order valence-corrected chi connectivity index (χ0v) is 14.6. The van der Waals surface area contributed by atoms with E-state index in [1.165, 1.54) is 18.3 Å². The van der Waals surface area contributed by atoms with Gasteiger partial charge < -0.3 is 16.4 Å². The second-order valence-corrected chi connectivity index (χ2v) is 5.90. The number of hydrogen-bond donors (Lipinski definition) is 3. The van der Waals surface area contributed by atoms with E-state index in [-0.39, 0.29) is 11.7 Å². The lowest BCUT2D eigenvalue weighted by Crippen LogP contribution is -2.23. The number of carbonyl (C=O) groups excluding carboxylic acids is 2. The molecule has 0 unspecified atom stereocenters. The number of nitrogens with zero attached hydrogens (tertiary/aromatic N) is 2. The molecule has 27 heavy (non-hydrogen) atoms. The van der Waals surface area contributed by atoms with Crippen molar-refractivity contribution in [2.75, 3.05) is 5.32 Å². The normalized spacial score (nSPS) is 10.4. The number of benzene rings is 2. The molecule has 7 nitrogen and oxygen atoms in total. The Kier molecular flexibility index (Phi) is 5.16. The maximum Gasteiger partial charge on any atom is 0.316 e. The molecule has 0 saturated heterocycles. The zero-order valence-electron chi connectivity index (χ0n) is 14.6. The molecule has 0 bridgehead atoms. The predicted molar refractivity (Wildman–Crippen MR) is 99.1 cm³/mol. The van der Waals surface area contributed by atoms with Gasteiger partial charge in [-0.15, -0.1) is 0 Å². The van der Waals surface area contributed by atoms with Crippen LogP contribution >= 0.6 is 0 Å². The van der Waals surface area contributed by atoms with Crippen LogP contribution in [0.1, 0.15) is 21.6 Å². The quantitative estimate of drug-likeness (QED) is 0.646. The number of carbonyl (C=O) groups is 2. The number of hydrogen-bond acceptors (Lipinski definition) is 3. The molecule has 2 aromatic carbocycles. The van der Waals surface area contributed by atoms with E-state index in [1.54, 1.807) is 48.0 Å². The van der Waals surface area contributed by atoms with Gasteiger partial charge in [-0.1, -0.05) is 12.1 Å². The minimum atomic E-state index is -0.635. The first-order valence-corrected chi connectivity index (χ1v) is 8.18. The third-order valence-electron chi connectivity index (χ3n) is 4.00. The lowest BCUT2D eigenvalue weighted by atomic mass is 10.2. The van der Waals surface area contributed by atoms with Crippen LogP contribution in [0.4, 0.5) is 14.9 Å². The topological polar surface area (TPSA) is 102 Å². The summed E-state index contributed by atoms with van der Waals surface area (Å²) >= 11 is 0. The number of primary amides is 1. The van der Waals surface area contributed by atoms with Gasteiger partial charge in [0.2, 0.25) is 0 Å². The van der Waals surface area contributed by atoms with E-state index in [0.29, 0.717) is 29.2 Å². The van der Waals surface area contributed by atoms with Gasteiger partial charge in [-0.2, -0.15) is 5.10 Å². The average molecular weight is 367 g/mol. The predicted octanol–water partition coefficient (Wildman–Crippen LogP) is 2.74. The van der Waals surface area contributed by atoms with E-state index in [1.807, 2.05) is 0 Å². The summed E-state index contributed by atoms with van der Waals surface area (Å²) in [6, 6.07) is 12.2. The van der Waals surface area contributed by atoms with Crippen LogP contribution in [0.15, 0.2) is 54.7 Å². The standard InChI is InChI=1S/C19H18FN5O2/c1-12-17(11-23-25(12)16-8-4-14(20)5-9-16)18(26)22-10-13-2-6-15(7-3-13)24-19(21)27/h2-9,11H,10H2,1H3,(H,22,26)(H3,21,24,27). The van der Waals surface area contributed by atoms with Gasteiger partial charge in [0.1, 0.15) is 5.82 Å². The van der Waals surface area contributed by atoms with Crippen molar-refractivity contribution in [3.63, 3.8) is 0 Å². The smallest absolute Gasteiger partial charge is 0.316 e. The fourth-order valence-electron chi connectivity index (χ4n) is 2.60. The molecular formula is C19H18FN5O2. The van der Waals surface area contributed by atoms with E-state index < -0.39 is 6.03 Å². The molecule has 0 aliphatic carbocycles. The van der Waals surface area contributed by atoms with E-state index in [2.05, 4.69) is 15.7 Å². The van der Waals surface area contributed by atoms with E-state index >= 15 is 0 Å². The van der Waals surface area contributed by atoms with Gasteiger partial charge in [-0.3, -0.25) is 4.79 Å². The SMILES string of the molecule is Cc1c(C(=O)NCc2ccc(NC(N)=O)cc2)cnn1-c1ccc(F)cc1. The third kappa shape index (κ3) is 4.30. The molecule has 3 rings (SSSR count). The molecule has 0 spiro atoms. The highest BCUT2D eigenvalue weighted by molar-refractivity contribution is 5.95. The highest BCUT2D eigenvalue weighted by atomic mass is 19.1. The molecule has 1 heterocycles. The van der Waals surface area contributed by atoms with Crippen molar-refractivity contribution in [3.8, 4) is 5.69 Å². The minimum Gasteiger partial charge on any atom is -0.351 e. The highest BCUT2D eigenvalue weighted by Crippen LogP contribution is 2.15. The van der Waals surface area contributed by atoms with E-state index in [4.69, 9.17) is 5.73 Å². The van der Waals surface area contributed by atoms with Gasteiger partial charge >= 0.3 is 6.03 Å². The van der Waals surface area contributed by atoms with E-state index in [0.717, 1.165) is 5.56 Å². The van der Waals surface area contributed by atoms with Crippen LogP contribution in [0.3, 0.4) is 0 Å². The Morgan fingerprint density at radius 2 is 1.78 bits per heavy atom. The van der Waals surface area contributed by atoms with Crippen LogP contribution < -0.4 is 16.4 Å². The van der Waals surface area contributed by atoms with Crippen LogP contribution in [0.2, 0.25) is 0 Å². The molecule has 0 fully saturated rings. The summed E-state index contributed by atoms with van der Waals surface area (Å²) in [6.45, 7) is 2.09. The summed E-state index contributed by atoms with van der Waals surface area (Å²) in [4.78, 5) is 23.3. The largest absolute Gasteiger partial charge is 0.351 e. The molecule has 3 aromatic rings. The molecule has 0 atom stereocenters. The molecule has 138 valence electrons. The monoisotopic (exact) mass is 367 g/mol. The molecule has 0 radical (unpaired) electrons. The molecule has 0 aliphatic rings. The van der Waals surface area contributed by atoms with Gasteiger partial charge in [0.25, 0.3) is 5.91 Å². The lowest BCUT2D eigenvalue weighted by molar-refractivity contribution is 0.0950. The van der Waals surface area contributed by atoms with Crippen molar-refractivity contribution in [3.05, 3.63) is 77.4 Å². The summed E-state index contributed by atoms with van der Waals surface area (Å²) in [6.07, 6.45) is 1.48. The van der Waals surface area contributed by atoms with E-state index in [9.17, 15) is 14.0 Å². The van der Waals surface area contributed by atoms with Gasteiger partial charge in [0.05, 0.1) is 23.1 Å². The van der Waals surface area contributed by atoms with Crippen molar-refractivity contribution in [1.82, 2.24) is 15.1 Å². The summed E-state index contributed by atoms with van der Waals surface area (Å²) in [7, 11) is 0. The summed E-state index contributed by atoms with van der Waals surface area (Å²) in [5.41, 5.74) is 8.26. The number of nitrogens with one attached hydrogen (secondary N) is 2. The fraction of sp³-hybridized carbons (Fsp3) is 0.105. The Morgan fingerprint density at radius 3 is 2.41 bits per heavy atom. The summed E-state index contributed by atoms with van der Waals surface area (Å²) in [5.74, 6) is -0.598. The second-order valence-electron chi connectivity index (χ2n) is 5.90. The van der Waals surface area contributed by atoms with Gasteiger partial charge in [0, 0.05) is 12.2 Å². The highest BCUT2D eigenvalue weighted by Gasteiger charge is 2.15. The second kappa shape index (κ2) is 7.69. The molecule has 8 heteroatoms. The Bertz CT molecular complexity index is 965. The number of aromatic nitrogens is 2. The Morgan fingerprint density at radius 1 is 1.11 bits per heavy atom. The van der Waals surface area contributed by atoms with Gasteiger partial charge in [-0.05, 0) is 48.9 Å². The number of nitrogens with two attached hydrogens (primary N) is 1. The van der Waals surface area contributed by atoms with Crippen LogP contribution in [0.5, 0.6) is 0 Å². The van der Waals surface area contributed by atoms with Crippen molar-refractivity contribution < 1.29 is 14.0 Å². The Labute approximate surface area is 155 Å². The average Bonchev–Trinajstić information content (AvgIpc) is 3.03. The first kappa shape index (κ1) is 18.1. The van der Waals surface area contributed by atoms with Crippen LogP contribution in [-0.2, 0) is 6.54 Å². The number of amides is 3. The molecular weight excluding hydrogens is 349 g/mol. The Hall–Kier alpha value is -3.68. The number of rotatable bonds is 5. The van der Waals surface area contributed by atoms with Crippen LogP contribution in [0.25, 0.3) is 5.69 Å². The van der Waals surface area contributed by atoms with Crippen molar-refractivity contribution in [1.29, 1.82) is 0 Å². The third-order valence-corrected chi connectivity index (χ3v) is 4.00. The van der Waals surface area contributed by atoms with Crippen molar-refractivity contribution >= 4 is 17.6 Å². The number of halogens is 1. The Balaban J connectivity index is 1.66. The van der Waals surface area contributed by atoms with Gasteiger partial charge in [-0.25, -0.2) is 13.9 Å². The molecule has 0 saturated carbocycles. The van der Waals surface area contributed by atoms with Crippen molar-refractivity contribution in [2.45, 2.75) is 13.5 Å². The lowest BCUT2D eigenvalue weighted by Gasteiger charge is -2.08. The van der Waals surface area contributed by atoms with Crippen molar-refractivity contribution in [2.24, 2.45) is 5.73 Å². The fourth-order valence-corrected chi connectivity index (χ4v) is 2.60. The zero-order chi connectivity index (χ0) is 19.4. The first-order chi connectivity index (χ1) is 12.9. The van der Waals surface area contributed by atoms with Crippen LogP contribution in [-0.4, -0.2) is 21.7 Å². The molecule has 1 aromatic heterocycles. The number of urea groups is 1. The summed E-state index contributed by atoms with van der Waals surface area (Å²) in [5, 5.41) is 9.51. The molecule has 4 N–H and O–H groups in total. The number of anilines is 1. The minimum absolute atomic E-state index is 0.264. The molecule has 3 amide bonds. The summed E-state index contributed by atoms with van der Waals surface area (Å²) < 4.78 is 14.6. The van der Waals surface area contributed by atoms with Crippen LogP contribution in [0, 0.1) is 12.7 Å². The maximum absolute atomic E-state index is 13.1. The molecule has 0 aliphatic heterocycles.